The van der Waals surface area contributed by atoms with Crippen molar-refractivity contribution in [1.82, 2.24) is 4.90 Å². The molecule has 0 aliphatic rings. The number of methoxy groups -OCH3 is 1. The molecule has 100 valence electrons. The van der Waals surface area contributed by atoms with Crippen LogP contribution in [0.5, 0.6) is 5.75 Å². The number of ketones is 1. The second-order valence-electron chi connectivity index (χ2n) is 4.55. The summed E-state index contributed by atoms with van der Waals surface area (Å²) in [6, 6.07) is 5.77. The molecule has 0 aromatic heterocycles. The molecule has 18 heavy (non-hydrogen) atoms. The zero-order valence-corrected chi connectivity index (χ0v) is 11.4. The largest absolute Gasteiger partial charge is 0.496 e. The summed E-state index contributed by atoms with van der Waals surface area (Å²) in [5.41, 5.74) is 7.21. The molecule has 0 aliphatic carbocycles. The van der Waals surface area contributed by atoms with E-state index in [0.29, 0.717) is 24.3 Å². The van der Waals surface area contributed by atoms with Gasteiger partial charge in [-0.1, -0.05) is 6.07 Å². The van der Waals surface area contributed by atoms with E-state index in [1.807, 2.05) is 32.3 Å². The van der Waals surface area contributed by atoms with Crippen molar-refractivity contribution in [2.75, 3.05) is 34.3 Å². The summed E-state index contributed by atoms with van der Waals surface area (Å²) in [6.07, 6.45) is 1.27. The van der Waals surface area contributed by atoms with Crippen molar-refractivity contribution >= 4 is 5.78 Å². The molecule has 0 heterocycles. The monoisotopic (exact) mass is 250 g/mol. The maximum Gasteiger partial charge on any atom is 0.167 e. The molecular weight excluding hydrogens is 228 g/mol. The van der Waals surface area contributed by atoms with Crippen LogP contribution in [0.2, 0.25) is 0 Å². The third-order valence-electron chi connectivity index (χ3n) is 2.78. The highest BCUT2D eigenvalue weighted by molar-refractivity contribution is 5.99. The van der Waals surface area contributed by atoms with Crippen LogP contribution in [0.25, 0.3) is 0 Å². The average molecular weight is 250 g/mol. The molecule has 0 saturated heterocycles. The highest BCUT2D eigenvalue weighted by Crippen LogP contribution is 2.21. The van der Waals surface area contributed by atoms with Crippen LogP contribution in [0.4, 0.5) is 0 Å². The molecule has 1 aromatic rings. The fourth-order valence-corrected chi connectivity index (χ4v) is 1.75. The maximum absolute atomic E-state index is 11.9. The number of benzene rings is 1. The minimum absolute atomic E-state index is 0.0426. The number of Topliss-reactive ketones (excluding diaryl/α,β-unsaturated/α-hetero) is 1. The van der Waals surface area contributed by atoms with E-state index in [4.69, 9.17) is 10.5 Å². The molecule has 0 aliphatic heterocycles. The van der Waals surface area contributed by atoms with Gasteiger partial charge in [-0.15, -0.1) is 0 Å². The van der Waals surface area contributed by atoms with E-state index in [1.165, 1.54) is 0 Å². The van der Waals surface area contributed by atoms with Crippen molar-refractivity contribution in [2.45, 2.75) is 12.8 Å². The number of hydrogen-bond acceptors (Lipinski definition) is 4. The lowest BCUT2D eigenvalue weighted by atomic mass is 10.0. The van der Waals surface area contributed by atoms with Crippen molar-refractivity contribution < 1.29 is 9.53 Å². The number of ether oxygens (including phenoxy) is 1. The number of carbonyl (C=O) groups excluding carboxylic acids is 1. The predicted octanol–water partition coefficient (Wildman–Crippen LogP) is 1.33. The van der Waals surface area contributed by atoms with Gasteiger partial charge in [0.1, 0.15) is 5.75 Å². The van der Waals surface area contributed by atoms with E-state index >= 15 is 0 Å². The third-order valence-corrected chi connectivity index (χ3v) is 2.78. The van der Waals surface area contributed by atoms with Gasteiger partial charge in [-0.2, -0.15) is 0 Å². The van der Waals surface area contributed by atoms with Crippen molar-refractivity contribution in [1.29, 1.82) is 0 Å². The Balaban J connectivity index is 2.90. The molecule has 0 spiro atoms. The molecule has 0 fully saturated rings. The summed E-state index contributed by atoms with van der Waals surface area (Å²) in [5, 5.41) is 0. The van der Waals surface area contributed by atoms with Crippen molar-refractivity contribution in [3.05, 3.63) is 29.3 Å². The zero-order chi connectivity index (χ0) is 13.5. The Morgan fingerprint density at radius 1 is 1.39 bits per heavy atom. The molecule has 4 heteroatoms. The Bertz CT molecular complexity index is 403. The van der Waals surface area contributed by atoms with Crippen molar-refractivity contribution in [2.24, 2.45) is 5.73 Å². The van der Waals surface area contributed by atoms with Gasteiger partial charge >= 0.3 is 0 Å². The molecule has 1 aromatic carbocycles. The summed E-state index contributed by atoms with van der Waals surface area (Å²) in [4.78, 5) is 14.1. The topological polar surface area (TPSA) is 55.6 Å². The van der Waals surface area contributed by atoms with Gasteiger partial charge in [-0.05, 0) is 44.8 Å². The van der Waals surface area contributed by atoms with Gasteiger partial charge in [-0.25, -0.2) is 0 Å². The second kappa shape index (κ2) is 7.13. The highest BCUT2D eigenvalue weighted by Gasteiger charge is 2.12. The van der Waals surface area contributed by atoms with Crippen molar-refractivity contribution in [3.63, 3.8) is 0 Å². The van der Waals surface area contributed by atoms with E-state index in [0.717, 1.165) is 18.5 Å². The number of nitrogens with zero attached hydrogens (tertiary/aromatic N) is 1. The standard InChI is InChI=1S/C14H22N2O2/c1-16(2)9-7-11-4-5-14(18-3)12(10-11)13(17)6-8-15/h4-5,10H,6-9,15H2,1-3H3. The quantitative estimate of drug-likeness (QED) is 0.742. The zero-order valence-electron chi connectivity index (χ0n) is 11.4. The first-order valence-corrected chi connectivity index (χ1v) is 6.13. The number of likely N-dealkylation sites (N-methyl/N-ethyl adjacent to an activating group) is 1. The van der Waals surface area contributed by atoms with Crippen LogP contribution in [0.3, 0.4) is 0 Å². The summed E-state index contributed by atoms with van der Waals surface area (Å²) in [5.74, 6) is 0.670. The van der Waals surface area contributed by atoms with Gasteiger partial charge in [0.05, 0.1) is 12.7 Å². The molecule has 0 saturated carbocycles. The molecule has 1 rings (SSSR count). The molecule has 0 radical (unpaired) electrons. The Hall–Kier alpha value is -1.39. The summed E-state index contributed by atoms with van der Waals surface area (Å²) in [6.45, 7) is 1.32. The van der Waals surface area contributed by atoms with Crippen LogP contribution < -0.4 is 10.5 Å². The second-order valence-corrected chi connectivity index (χ2v) is 4.55. The lowest BCUT2D eigenvalue weighted by Gasteiger charge is -2.12. The van der Waals surface area contributed by atoms with Gasteiger partial charge in [0.15, 0.2) is 5.78 Å². The van der Waals surface area contributed by atoms with E-state index < -0.39 is 0 Å². The lowest BCUT2D eigenvalue weighted by molar-refractivity contribution is 0.0982. The maximum atomic E-state index is 11.9. The fourth-order valence-electron chi connectivity index (χ4n) is 1.75. The Morgan fingerprint density at radius 2 is 2.11 bits per heavy atom. The van der Waals surface area contributed by atoms with E-state index in [2.05, 4.69) is 4.90 Å². The summed E-state index contributed by atoms with van der Waals surface area (Å²) < 4.78 is 5.22. The van der Waals surface area contributed by atoms with Gasteiger partial charge in [0.25, 0.3) is 0 Å². The Labute approximate surface area is 109 Å². The molecule has 2 N–H and O–H groups in total. The third kappa shape index (κ3) is 4.13. The molecule has 0 unspecified atom stereocenters. The van der Waals surface area contributed by atoms with Crippen LogP contribution >= 0.6 is 0 Å². The number of rotatable bonds is 7. The van der Waals surface area contributed by atoms with Gasteiger partial charge < -0.3 is 15.4 Å². The first-order valence-electron chi connectivity index (χ1n) is 6.13. The lowest BCUT2D eigenvalue weighted by Crippen LogP contribution is -2.15. The smallest absolute Gasteiger partial charge is 0.167 e. The van der Waals surface area contributed by atoms with Gasteiger partial charge in [0, 0.05) is 13.0 Å². The molecule has 0 atom stereocenters. The van der Waals surface area contributed by atoms with Crippen LogP contribution in [-0.2, 0) is 6.42 Å². The minimum atomic E-state index is 0.0426. The van der Waals surface area contributed by atoms with Crippen molar-refractivity contribution in [3.8, 4) is 5.75 Å². The first kappa shape index (κ1) is 14.7. The predicted molar refractivity (Wildman–Crippen MR) is 73.3 cm³/mol. The van der Waals surface area contributed by atoms with Crippen LogP contribution in [0, 0.1) is 0 Å². The van der Waals surface area contributed by atoms with E-state index in [-0.39, 0.29) is 5.78 Å². The number of nitrogens with two attached hydrogens (primary N) is 1. The number of carbonyl (C=O) groups is 1. The fraction of sp³-hybridized carbons (Fsp3) is 0.500. The Morgan fingerprint density at radius 3 is 2.67 bits per heavy atom. The van der Waals surface area contributed by atoms with E-state index in [9.17, 15) is 4.79 Å². The summed E-state index contributed by atoms with van der Waals surface area (Å²) in [7, 11) is 5.64. The van der Waals surface area contributed by atoms with E-state index in [1.54, 1.807) is 7.11 Å². The van der Waals surface area contributed by atoms with Crippen LogP contribution in [0.1, 0.15) is 22.3 Å². The summed E-state index contributed by atoms with van der Waals surface area (Å²) >= 11 is 0. The van der Waals surface area contributed by atoms with Crippen LogP contribution in [0.15, 0.2) is 18.2 Å². The van der Waals surface area contributed by atoms with Gasteiger partial charge in [0.2, 0.25) is 0 Å². The normalized spacial score (nSPS) is 10.7. The molecule has 0 amide bonds. The molecular formula is C14H22N2O2. The minimum Gasteiger partial charge on any atom is -0.496 e. The molecule has 0 bridgehead atoms. The first-order chi connectivity index (χ1) is 8.58. The average Bonchev–Trinajstić information content (AvgIpc) is 2.36. The SMILES string of the molecule is COc1ccc(CCN(C)C)cc1C(=O)CCN. The number of hydrogen-bond donors (Lipinski definition) is 1. The van der Waals surface area contributed by atoms with Crippen LogP contribution in [-0.4, -0.2) is 45.0 Å². The molecule has 4 nitrogen and oxygen atoms in total. The van der Waals surface area contributed by atoms with Gasteiger partial charge in [-0.3, -0.25) is 4.79 Å². The Kier molecular flexibility index (Phi) is 5.82. The highest BCUT2D eigenvalue weighted by atomic mass is 16.5.